The zero-order valence-electron chi connectivity index (χ0n) is 15.7. The largest absolute Gasteiger partial charge is 0.354 e. The first kappa shape index (κ1) is 18.4. The molecule has 8 nitrogen and oxygen atoms in total. The highest BCUT2D eigenvalue weighted by atomic mass is 16.1. The Morgan fingerprint density at radius 1 is 1.31 bits per heavy atom. The van der Waals surface area contributed by atoms with E-state index in [1.165, 1.54) is 12.3 Å². The number of hydrogen-bond acceptors (Lipinski definition) is 7. The molecule has 2 N–H and O–H groups in total. The van der Waals surface area contributed by atoms with Gasteiger partial charge in [-0.05, 0) is 48.1 Å². The zero-order chi connectivity index (χ0) is 20.2. The van der Waals surface area contributed by atoms with Crippen molar-refractivity contribution in [3.63, 3.8) is 0 Å². The molecule has 0 aliphatic carbocycles. The minimum Gasteiger partial charge on any atom is -0.354 e. The molecule has 2 aromatic heterocycles. The van der Waals surface area contributed by atoms with Crippen molar-refractivity contribution in [1.82, 2.24) is 20.2 Å². The van der Waals surface area contributed by atoms with Crippen LogP contribution in [-0.4, -0.2) is 45.2 Å². The van der Waals surface area contributed by atoms with Crippen molar-refractivity contribution >= 4 is 34.1 Å². The fourth-order valence-corrected chi connectivity index (χ4v) is 3.35. The Morgan fingerprint density at radius 2 is 2.21 bits per heavy atom. The number of benzene rings is 1. The monoisotopic (exact) mass is 385 g/mol. The van der Waals surface area contributed by atoms with Gasteiger partial charge in [0.1, 0.15) is 5.82 Å². The van der Waals surface area contributed by atoms with E-state index < -0.39 is 0 Å². The number of terminal acetylenes is 1. The van der Waals surface area contributed by atoms with E-state index in [9.17, 15) is 4.79 Å². The molecular formula is C21H19N7O. The van der Waals surface area contributed by atoms with E-state index in [1.54, 1.807) is 6.20 Å². The number of carbonyl (C=O) groups excluding carboxylic acids is 1. The van der Waals surface area contributed by atoms with Crippen LogP contribution >= 0.6 is 0 Å². The van der Waals surface area contributed by atoms with E-state index in [-0.39, 0.29) is 11.9 Å². The Bertz CT molecular complexity index is 1100. The summed E-state index contributed by atoms with van der Waals surface area (Å²) in [6, 6.07) is 7.88. The summed E-state index contributed by atoms with van der Waals surface area (Å²) in [5.74, 6) is 3.54. The van der Waals surface area contributed by atoms with Crippen LogP contribution in [0.25, 0.3) is 10.8 Å². The number of nitrogens with one attached hydrogen (secondary N) is 2. The summed E-state index contributed by atoms with van der Waals surface area (Å²) in [6.45, 7) is 5.10. The van der Waals surface area contributed by atoms with Crippen LogP contribution in [-0.2, 0) is 4.79 Å². The van der Waals surface area contributed by atoms with Crippen LogP contribution in [0.15, 0.2) is 49.3 Å². The van der Waals surface area contributed by atoms with E-state index in [0.29, 0.717) is 11.6 Å². The lowest BCUT2D eigenvalue weighted by Gasteiger charge is -2.20. The molecule has 1 aliphatic heterocycles. The molecule has 144 valence electrons. The number of rotatable bonds is 5. The van der Waals surface area contributed by atoms with Gasteiger partial charge in [-0.1, -0.05) is 6.58 Å². The van der Waals surface area contributed by atoms with Gasteiger partial charge in [-0.2, -0.15) is 0 Å². The molecule has 8 heteroatoms. The summed E-state index contributed by atoms with van der Waals surface area (Å²) in [6.07, 6.45) is 10.8. The molecule has 0 unspecified atom stereocenters. The Morgan fingerprint density at radius 3 is 2.97 bits per heavy atom. The second-order valence-electron chi connectivity index (χ2n) is 6.65. The molecule has 3 aromatic rings. The first-order chi connectivity index (χ1) is 14.2. The maximum atomic E-state index is 11.5. The van der Waals surface area contributed by atoms with Gasteiger partial charge in [0.05, 0.1) is 6.20 Å². The van der Waals surface area contributed by atoms with Gasteiger partial charge in [0, 0.05) is 36.4 Å². The maximum absolute atomic E-state index is 11.5. The third kappa shape index (κ3) is 3.99. The lowest BCUT2D eigenvalue weighted by Crippen LogP contribution is -2.27. The number of fused-ring (bicyclic) bond motifs is 1. The van der Waals surface area contributed by atoms with Crippen molar-refractivity contribution in [2.24, 2.45) is 0 Å². The van der Waals surface area contributed by atoms with Gasteiger partial charge >= 0.3 is 0 Å². The molecule has 29 heavy (non-hydrogen) atoms. The number of hydrogen-bond donors (Lipinski definition) is 2. The molecule has 0 spiro atoms. The maximum Gasteiger partial charge on any atom is 0.247 e. The minimum atomic E-state index is -0.237. The second kappa shape index (κ2) is 7.94. The highest BCUT2D eigenvalue weighted by molar-refractivity contribution is 6.01. The van der Waals surface area contributed by atoms with Crippen molar-refractivity contribution in [3.8, 4) is 12.3 Å². The molecule has 1 fully saturated rings. The molecule has 1 amide bonds. The average Bonchev–Trinajstić information content (AvgIpc) is 3.22. The highest BCUT2D eigenvalue weighted by Crippen LogP contribution is 2.29. The van der Waals surface area contributed by atoms with Crippen LogP contribution in [0.2, 0.25) is 0 Å². The molecule has 1 atom stereocenters. The van der Waals surface area contributed by atoms with Gasteiger partial charge in [-0.25, -0.2) is 9.97 Å². The van der Waals surface area contributed by atoms with E-state index >= 15 is 0 Å². The van der Waals surface area contributed by atoms with Gasteiger partial charge in [0.25, 0.3) is 0 Å². The van der Waals surface area contributed by atoms with E-state index in [1.807, 2.05) is 24.3 Å². The van der Waals surface area contributed by atoms with Crippen molar-refractivity contribution in [3.05, 3.63) is 55.0 Å². The van der Waals surface area contributed by atoms with Gasteiger partial charge in [0.2, 0.25) is 11.9 Å². The number of anilines is 3. The normalized spacial score (nSPS) is 15.7. The summed E-state index contributed by atoms with van der Waals surface area (Å²) in [5.41, 5.74) is 1.13. The van der Waals surface area contributed by atoms with Crippen LogP contribution in [0.4, 0.5) is 17.5 Å². The standard InChI is InChI=1S/C21H19N7O/c1-3-15-12-23-21(27-26-15)25-17-8-10-28(13-17)20-18-6-5-16(24-19(29)4-2)11-14(18)7-9-22-20/h1,4-7,9,11-12,17H,2,8,10,13H2,(H,24,29)(H,23,25,27)/t17-/m1/s1. The third-order valence-corrected chi connectivity index (χ3v) is 4.73. The average molecular weight is 385 g/mol. The number of nitrogens with zero attached hydrogens (tertiary/aromatic N) is 5. The van der Waals surface area contributed by atoms with Crippen LogP contribution in [0, 0.1) is 12.3 Å². The lowest BCUT2D eigenvalue weighted by molar-refractivity contribution is -0.111. The SMILES string of the molecule is C#Cc1cnc(N[C@@H]2CCN(c3nccc4cc(NC(=O)C=C)ccc34)C2)nn1. The second-order valence-corrected chi connectivity index (χ2v) is 6.65. The molecular weight excluding hydrogens is 366 g/mol. The van der Waals surface area contributed by atoms with Crippen LogP contribution in [0.3, 0.4) is 0 Å². The van der Waals surface area contributed by atoms with Gasteiger partial charge < -0.3 is 15.5 Å². The summed E-state index contributed by atoms with van der Waals surface area (Å²) in [5, 5.41) is 16.0. The molecule has 1 aliphatic rings. The first-order valence-electron chi connectivity index (χ1n) is 9.16. The van der Waals surface area contributed by atoms with Crippen molar-refractivity contribution in [2.75, 3.05) is 28.6 Å². The van der Waals surface area contributed by atoms with Crippen LogP contribution in [0.5, 0.6) is 0 Å². The van der Waals surface area contributed by atoms with Gasteiger partial charge in [-0.3, -0.25) is 4.79 Å². The topological polar surface area (TPSA) is 95.9 Å². The molecule has 0 saturated carbocycles. The number of amides is 1. The molecule has 0 radical (unpaired) electrons. The Hall–Kier alpha value is -3.99. The summed E-state index contributed by atoms with van der Waals surface area (Å²) in [4.78, 5) is 22.5. The smallest absolute Gasteiger partial charge is 0.247 e. The summed E-state index contributed by atoms with van der Waals surface area (Å²) >= 11 is 0. The van der Waals surface area contributed by atoms with Crippen molar-refractivity contribution < 1.29 is 4.79 Å². The predicted octanol–water partition coefficient (Wildman–Crippen LogP) is 2.22. The Labute approximate surface area is 168 Å². The number of carbonyl (C=O) groups is 1. The quantitative estimate of drug-likeness (QED) is 0.513. The first-order valence-corrected chi connectivity index (χ1v) is 9.16. The Balaban J connectivity index is 1.50. The van der Waals surface area contributed by atoms with Gasteiger partial charge in [-0.15, -0.1) is 16.6 Å². The van der Waals surface area contributed by atoms with Crippen molar-refractivity contribution in [2.45, 2.75) is 12.5 Å². The highest BCUT2D eigenvalue weighted by Gasteiger charge is 2.25. The Kier molecular flexibility index (Phi) is 5.03. The number of pyridine rings is 1. The van der Waals surface area contributed by atoms with Crippen molar-refractivity contribution in [1.29, 1.82) is 0 Å². The third-order valence-electron chi connectivity index (χ3n) is 4.73. The molecule has 1 saturated heterocycles. The predicted molar refractivity (Wildman–Crippen MR) is 113 cm³/mol. The fourth-order valence-electron chi connectivity index (χ4n) is 3.35. The van der Waals surface area contributed by atoms with E-state index in [2.05, 4.69) is 48.2 Å². The summed E-state index contributed by atoms with van der Waals surface area (Å²) in [7, 11) is 0. The van der Waals surface area contributed by atoms with Crippen LogP contribution < -0.4 is 15.5 Å². The molecule has 0 bridgehead atoms. The summed E-state index contributed by atoms with van der Waals surface area (Å²) < 4.78 is 0. The molecule has 3 heterocycles. The zero-order valence-corrected chi connectivity index (χ0v) is 15.7. The van der Waals surface area contributed by atoms with E-state index in [4.69, 9.17) is 6.42 Å². The fraction of sp³-hybridized carbons (Fsp3) is 0.190. The van der Waals surface area contributed by atoms with Crippen LogP contribution in [0.1, 0.15) is 12.1 Å². The molecule has 4 rings (SSSR count). The molecule has 1 aromatic carbocycles. The van der Waals surface area contributed by atoms with E-state index in [0.717, 1.165) is 41.8 Å². The van der Waals surface area contributed by atoms with Gasteiger partial charge in [0.15, 0.2) is 5.69 Å². The number of aromatic nitrogens is 4. The lowest BCUT2D eigenvalue weighted by atomic mass is 10.1. The minimum absolute atomic E-state index is 0.177.